The van der Waals surface area contributed by atoms with Crippen molar-refractivity contribution in [2.75, 3.05) is 12.3 Å². The van der Waals surface area contributed by atoms with E-state index in [9.17, 15) is 19.1 Å². The van der Waals surface area contributed by atoms with Gasteiger partial charge in [-0.25, -0.2) is 19.0 Å². The van der Waals surface area contributed by atoms with Crippen molar-refractivity contribution in [3.05, 3.63) is 40.9 Å². The van der Waals surface area contributed by atoms with Crippen molar-refractivity contribution in [3.8, 4) is 5.75 Å². The van der Waals surface area contributed by atoms with Gasteiger partial charge in [0.05, 0.1) is 17.5 Å². The molecule has 1 aromatic carbocycles. The summed E-state index contributed by atoms with van der Waals surface area (Å²) in [6, 6.07) is 3.17. The van der Waals surface area contributed by atoms with Crippen molar-refractivity contribution in [1.29, 1.82) is 0 Å². The van der Waals surface area contributed by atoms with E-state index in [1.165, 1.54) is 10.9 Å². The third-order valence-electron chi connectivity index (χ3n) is 4.80. The lowest BCUT2D eigenvalue weighted by Gasteiger charge is -2.16. The number of aliphatic hydroxyl groups excluding tert-OH is 1. The predicted molar refractivity (Wildman–Crippen MR) is 105 cm³/mol. The Morgan fingerprint density at radius 2 is 1.88 bits per heavy atom. The van der Waals surface area contributed by atoms with Crippen molar-refractivity contribution in [2.24, 2.45) is 0 Å². The molecule has 0 unspecified atom stereocenters. The molecule has 5 N–H and O–H groups in total. The second-order valence-electron chi connectivity index (χ2n) is 6.87. The zero-order valence-corrected chi connectivity index (χ0v) is 16.7. The molecule has 1 aliphatic heterocycles. The number of ether oxygens (including phenoxy) is 2. The van der Waals surface area contributed by atoms with Gasteiger partial charge in [-0.3, -0.25) is 4.57 Å². The van der Waals surface area contributed by atoms with Crippen molar-refractivity contribution < 1.29 is 38.8 Å². The Bertz CT molecular complexity index is 1190. The number of halogens is 2. The van der Waals surface area contributed by atoms with E-state index in [1.807, 2.05) is 0 Å². The second kappa shape index (κ2) is 8.18. The number of aromatic nitrogens is 4. The first-order valence-corrected chi connectivity index (χ1v) is 9.41. The number of imidazole rings is 1. The minimum absolute atomic E-state index is 0.0138. The molecule has 12 nitrogen and oxygen atoms in total. The van der Waals surface area contributed by atoms with Gasteiger partial charge in [0.25, 0.3) is 0 Å². The van der Waals surface area contributed by atoms with Gasteiger partial charge in [0.1, 0.15) is 30.1 Å². The molecule has 1 aliphatic rings. The summed E-state index contributed by atoms with van der Waals surface area (Å²) in [5.74, 6) is -2.82. The van der Waals surface area contributed by atoms with Crippen LogP contribution < -0.4 is 10.5 Å². The van der Waals surface area contributed by atoms with Gasteiger partial charge >= 0.3 is 11.9 Å². The van der Waals surface area contributed by atoms with Crippen LogP contribution in [0.4, 0.5) is 10.2 Å². The first-order valence-electron chi connectivity index (χ1n) is 9.03. The van der Waals surface area contributed by atoms with Crippen LogP contribution in [0.5, 0.6) is 5.75 Å². The minimum Gasteiger partial charge on any atom is -0.491 e. The van der Waals surface area contributed by atoms with Crippen LogP contribution in [0.25, 0.3) is 11.2 Å². The van der Waals surface area contributed by atoms with Gasteiger partial charge in [0.2, 0.25) is 5.28 Å². The summed E-state index contributed by atoms with van der Waals surface area (Å²) in [6.07, 6.45) is -4.82. The van der Waals surface area contributed by atoms with Gasteiger partial charge in [0, 0.05) is 0 Å². The van der Waals surface area contributed by atoms with Crippen LogP contribution in [0.2, 0.25) is 5.28 Å². The number of rotatable bonds is 6. The molecule has 0 aliphatic carbocycles. The fourth-order valence-electron chi connectivity index (χ4n) is 3.27. The van der Waals surface area contributed by atoms with Crippen LogP contribution in [0.15, 0.2) is 24.5 Å². The average molecular weight is 468 g/mol. The third kappa shape index (κ3) is 3.88. The molecule has 0 bridgehead atoms. The molecule has 0 spiro atoms. The number of hydrogen-bond acceptors (Lipinski definition) is 9. The Morgan fingerprint density at radius 1 is 1.22 bits per heavy atom. The monoisotopic (exact) mass is 467 g/mol. The summed E-state index contributed by atoms with van der Waals surface area (Å²) in [6.45, 7) is -0.398. The number of benzene rings is 1. The van der Waals surface area contributed by atoms with Crippen LogP contribution in [0.3, 0.4) is 0 Å². The van der Waals surface area contributed by atoms with Gasteiger partial charge in [0.15, 0.2) is 23.9 Å². The molecule has 1 saturated heterocycles. The number of carboxylic acid groups (broad SMARTS) is 2. The maximum atomic E-state index is 14.8. The van der Waals surface area contributed by atoms with Gasteiger partial charge in [-0.05, 0) is 29.8 Å². The number of carboxylic acids is 2. The number of hydrogen-bond donors (Lipinski definition) is 4. The molecule has 4 rings (SSSR count). The van der Waals surface area contributed by atoms with Crippen molar-refractivity contribution in [3.63, 3.8) is 0 Å². The van der Waals surface area contributed by atoms with E-state index in [2.05, 4.69) is 15.0 Å². The summed E-state index contributed by atoms with van der Waals surface area (Å²) < 4.78 is 27.1. The standard InChI is InChI=1S/C18H15ClFN5O7/c19-18-23-13(21)11-14(24-18)25(5-22-11)15-10(20)12(26)9(32-15)4-31-8-2-6(16(27)28)1-7(3-8)17(29)30/h1-3,5,9-10,12,15,26H,4H2,(H,27,28)(H,29,30)(H2,21,23,24)/t9-,10+,12-,15-/m1/s1. The maximum absolute atomic E-state index is 14.8. The summed E-state index contributed by atoms with van der Waals surface area (Å²) in [5.41, 5.74) is 5.39. The fraction of sp³-hybridized carbons (Fsp3) is 0.278. The summed E-state index contributed by atoms with van der Waals surface area (Å²) in [7, 11) is 0. The Balaban J connectivity index is 1.55. The first kappa shape index (κ1) is 21.7. The highest BCUT2D eigenvalue weighted by Gasteiger charge is 2.46. The highest BCUT2D eigenvalue weighted by Crippen LogP contribution is 2.34. The van der Waals surface area contributed by atoms with Crippen LogP contribution in [-0.4, -0.2) is 71.8 Å². The predicted octanol–water partition coefficient (Wildman–Crippen LogP) is 1.13. The molecule has 168 valence electrons. The van der Waals surface area contributed by atoms with Crippen LogP contribution in [0, 0.1) is 0 Å². The van der Waals surface area contributed by atoms with Gasteiger partial charge in [-0.15, -0.1) is 0 Å². The Kier molecular flexibility index (Phi) is 5.54. The molecule has 4 atom stereocenters. The topological polar surface area (TPSA) is 183 Å². The van der Waals surface area contributed by atoms with E-state index < -0.39 is 43.2 Å². The number of aliphatic hydroxyl groups is 1. The largest absolute Gasteiger partial charge is 0.491 e. The Labute approximate surface area is 183 Å². The lowest BCUT2D eigenvalue weighted by molar-refractivity contribution is -0.0413. The molecular weight excluding hydrogens is 453 g/mol. The number of nitrogens with zero attached hydrogens (tertiary/aromatic N) is 4. The number of nitrogens with two attached hydrogens (primary N) is 1. The van der Waals surface area contributed by atoms with Gasteiger partial charge < -0.3 is 30.5 Å². The van der Waals surface area contributed by atoms with Crippen molar-refractivity contribution in [2.45, 2.75) is 24.6 Å². The molecule has 3 heterocycles. The normalized spacial score (nSPS) is 22.8. The lowest BCUT2D eigenvalue weighted by atomic mass is 10.1. The molecule has 3 aromatic rings. The zero-order chi connectivity index (χ0) is 23.2. The number of carbonyl (C=O) groups is 2. The quantitative estimate of drug-likeness (QED) is 0.381. The number of fused-ring (bicyclic) bond motifs is 1. The van der Waals surface area contributed by atoms with E-state index in [0.717, 1.165) is 18.2 Å². The molecule has 1 fully saturated rings. The smallest absolute Gasteiger partial charge is 0.335 e. The second-order valence-corrected chi connectivity index (χ2v) is 7.21. The molecule has 0 saturated carbocycles. The van der Waals surface area contributed by atoms with Crippen molar-refractivity contribution >= 4 is 40.5 Å². The highest BCUT2D eigenvalue weighted by molar-refractivity contribution is 6.28. The molecule has 14 heteroatoms. The fourth-order valence-corrected chi connectivity index (χ4v) is 3.44. The van der Waals surface area contributed by atoms with Crippen LogP contribution >= 0.6 is 11.6 Å². The minimum atomic E-state index is -1.91. The van der Waals surface area contributed by atoms with E-state index in [1.54, 1.807) is 0 Å². The summed E-state index contributed by atoms with van der Waals surface area (Å²) >= 11 is 5.81. The Hall–Kier alpha value is -3.55. The number of nitrogen functional groups attached to an aromatic ring is 1. The van der Waals surface area contributed by atoms with E-state index in [-0.39, 0.29) is 39.1 Å². The molecular formula is C18H15ClFN5O7. The van der Waals surface area contributed by atoms with Gasteiger partial charge in [-0.1, -0.05) is 0 Å². The molecule has 32 heavy (non-hydrogen) atoms. The van der Waals surface area contributed by atoms with E-state index in [4.69, 9.17) is 37.0 Å². The zero-order valence-electron chi connectivity index (χ0n) is 15.9. The highest BCUT2D eigenvalue weighted by atomic mass is 35.5. The first-order chi connectivity index (χ1) is 15.2. The average Bonchev–Trinajstić information content (AvgIpc) is 3.27. The SMILES string of the molecule is Nc1nc(Cl)nc2c1ncn2[C@@H]1O[C@H](COc2cc(C(=O)O)cc(C(=O)O)c2)[C@@H](O)[C@@H]1F. The van der Waals surface area contributed by atoms with E-state index in [0.29, 0.717) is 0 Å². The van der Waals surface area contributed by atoms with Crippen molar-refractivity contribution in [1.82, 2.24) is 19.5 Å². The van der Waals surface area contributed by atoms with Gasteiger partial charge in [-0.2, -0.15) is 9.97 Å². The number of alkyl halides is 1. The summed E-state index contributed by atoms with van der Waals surface area (Å²) in [4.78, 5) is 34.2. The number of anilines is 1. The summed E-state index contributed by atoms with van der Waals surface area (Å²) in [5, 5.41) is 28.4. The van der Waals surface area contributed by atoms with E-state index >= 15 is 0 Å². The molecule has 2 aromatic heterocycles. The van der Waals surface area contributed by atoms with Crippen LogP contribution in [0.1, 0.15) is 26.9 Å². The third-order valence-corrected chi connectivity index (χ3v) is 4.97. The maximum Gasteiger partial charge on any atom is 0.335 e. The molecule has 0 amide bonds. The molecule has 0 radical (unpaired) electrons. The van der Waals surface area contributed by atoms with Crippen LogP contribution in [-0.2, 0) is 4.74 Å². The number of aromatic carboxylic acids is 2. The lowest BCUT2D eigenvalue weighted by Crippen LogP contribution is -2.32. The Morgan fingerprint density at radius 3 is 2.50 bits per heavy atom.